The highest BCUT2D eigenvalue weighted by Gasteiger charge is 2.31. The monoisotopic (exact) mass is 386 g/mol. The van der Waals surface area contributed by atoms with E-state index in [1.165, 1.54) is 0 Å². The van der Waals surface area contributed by atoms with Gasteiger partial charge in [0.05, 0.1) is 4.75 Å². The number of rotatable bonds is 5. The summed E-state index contributed by atoms with van der Waals surface area (Å²) in [7, 11) is -3.31. The highest BCUT2D eigenvalue weighted by atomic mass is 35.5. The lowest BCUT2D eigenvalue weighted by Gasteiger charge is -2.29. The first kappa shape index (κ1) is 20.2. The van der Waals surface area contributed by atoms with Crippen molar-refractivity contribution >= 4 is 33.2 Å². The molecule has 1 saturated carbocycles. The Morgan fingerprint density at radius 2 is 1.84 bits per heavy atom. The van der Waals surface area contributed by atoms with Crippen LogP contribution in [0.4, 0.5) is 5.69 Å². The van der Waals surface area contributed by atoms with Crippen LogP contribution in [-0.2, 0) is 14.8 Å². The summed E-state index contributed by atoms with van der Waals surface area (Å²) in [4.78, 5) is 12.4. The molecule has 0 bridgehead atoms. The van der Waals surface area contributed by atoms with Crippen molar-refractivity contribution in [1.29, 1.82) is 0 Å². The predicted molar refractivity (Wildman–Crippen MR) is 102 cm³/mol. The van der Waals surface area contributed by atoms with Gasteiger partial charge in [-0.05, 0) is 70.6 Å². The van der Waals surface area contributed by atoms with Crippen LogP contribution in [0, 0.1) is 11.8 Å². The number of amides is 1. The Morgan fingerprint density at radius 3 is 2.40 bits per heavy atom. The lowest BCUT2D eigenvalue weighted by molar-refractivity contribution is -0.121. The Bertz CT molecular complexity index is 705. The van der Waals surface area contributed by atoms with Crippen LogP contribution in [-0.4, -0.2) is 25.6 Å². The number of carbonyl (C=O) groups excluding carboxylic acids is 1. The molecule has 0 radical (unpaired) electrons. The molecule has 1 fully saturated rings. The molecule has 1 aromatic carbocycles. The zero-order valence-electron chi connectivity index (χ0n) is 15.0. The third kappa shape index (κ3) is 5.69. The maximum atomic E-state index is 12.4. The number of halogens is 1. The number of carbonyl (C=O) groups is 1. The fourth-order valence-corrected chi connectivity index (χ4v) is 3.96. The van der Waals surface area contributed by atoms with Crippen LogP contribution in [0.1, 0.15) is 46.5 Å². The number of hydrogen-bond donors (Lipinski definition) is 2. The van der Waals surface area contributed by atoms with Crippen molar-refractivity contribution in [3.63, 3.8) is 0 Å². The molecular formula is C18H27ClN2O3S. The molecule has 1 aromatic rings. The van der Waals surface area contributed by atoms with Gasteiger partial charge in [-0.3, -0.25) is 4.79 Å². The minimum Gasteiger partial charge on any atom is -0.326 e. The highest BCUT2D eigenvalue weighted by molar-refractivity contribution is 7.90. The lowest BCUT2D eigenvalue weighted by atomic mass is 9.81. The fraction of sp³-hybridized carbons (Fsp3) is 0.611. The van der Waals surface area contributed by atoms with Crippen molar-refractivity contribution in [3.05, 3.63) is 29.3 Å². The van der Waals surface area contributed by atoms with Crippen molar-refractivity contribution in [2.24, 2.45) is 11.8 Å². The average molecular weight is 387 g/mol. The summed E-state index contributed by atoms with van der Waals surface area (Å²) in [5.41, 5.74) is 0.706. The molecular weight excluding hydrogens is 360 g/mol. The summed E-state index contributed by atoms with van der Waals surface area (Å²) in [6.45, 7) is 5.51. The summed E-state index contributed by atoms with van der Waals surface area (Å²) < 4.78 is 26.1. The van der Waals surface area contributed by atoms with E-state index in [9.17, 15) is 13.2 Å². The molecule has 0 unspecified atom stereocenters. The van der Waals surface area contributed by atoms with Crippen LogP contribution in [0.3, 0.4) is 0 Å². The van der Waals surface area contributed by atoms with E-state index >= 15 is 0 Å². The molecule has 2 N–H and O–H groups in total. The number of benzene rings is 1. The predicted octanol–water partition coefficient (Wildman–Crippen LogP) is 3.80. The molecule has 25 heavy (non-hydrogen) atoms. The normalized spacial score (nSPS) is 21.8. The van der Waals surface area contributed by atoms with Gasteiger partial charge in [0.1, 0.15) is 0 Å². The van der Waals surface area contributed by atoms with Crippen LogP contribution in [0.15, 0.2) is 24.3 Å². The van der Waals surface area contributed by atoms with Crippen LogP contribution >= 0.6 is 11.6 Å². The molecule has 1 aliphatic rings. The lowest BCUT2D eigenvalue weighted by Crippen LogP contribution is -2.42. The molecule has 2 rings (SSSR count). The summed E-state index contributed by atoms with van der Waals surface area (Å²) in [6, 6.07) is 7.11. The maximum Gasteiger partial charge on any atom is 0.227 e. The molecule has 5 nitrogen and oxygen atoms in total. The van der Waals surface area contributed by atoms with E-state index in [4.69, 9.17) is 11.6 Å². The van der Waals surface area contributed by atoms with Gasteiger partial charge in [-0.1, -0.05) is 17.7 Å². The Balaban J connectivity index is 1.80. The second-order valence-electron chi connectivity index (χ2n) is 7.68. The van der Waals surface area contributed by atoms with Gasteiger partial charge in [-0.2, -0.15) is 0 Å². The molecule has 7 heteroatoms. The Hall–Kier alpha value is -1.11. The molecule has 0 saturated heterocycles. The first-order valence-corrected chi connectivity index (χ1v) is 10.5. The fourth-order valence-electron chi connectivity index (χ4n) is 2.88. The van der Waals surface area contributed by atoms with Gasteiger partial charge in [0, 0.05) is 23.2 Å². The molecule has 1 aliphatic carbocycles. The minimum atomic E-state index is -3.31. The SMILES string of the molecule is CC(C)(C)S(=O)(=O)NCC1CCC(C(=O)Nc2cccc(Cl)c2)CC1. The summed E-state index contributed by atoms with van der Waals surface area (Å²) in [5, 5.41) is 3.50. The standard InChI is InChI=1S/C18H27ClN2O3S/c1-18(2,3)25(23,24)20-12-13-7-9-14(10-8-13)17(22)21-16-6-4-5-15(19)11-16/h4-6,11,13-14,20H,7-10,12H2,1-3H3,(H,21,22). The summed E-state index contributed by atoms with van der Waals surface area (Å²) in [5.74, 6) is 0.262. The van der Waals surface area contributed by atoms with Crippen molar-refractivity contribution in [1.82, 2.24) is 4.72 Å². The van der Waals surface area contributed by atoms with Gasteiger partial charge in [0.2, 0.25) is 15.9 Å². The molecule has 1 amide bonds. The number of nitrogens with one attached hydrogen (secondary N) is 2. The van der Waals surface area contributed by atoms with E-state index in [1.54, 1.807) is 39.0 Å². The smallest absolute Gasteiger partial charge is 0.227 e. The van der Waals surface area contributed by atoms with Crippen molar-refractivity contribution in [3.8, 4) is 0 Å². The first-order chi connectivity index (χ1) is 11.6. The van der Waals surface area contributed by atoms with E-state index < -0.39 is 14.8 Å². The average Bonchev–Trinajstić information content (AvgIpc) is 2.52. The molecule has 0 heterocycles. The van der Waals surface area contributed by atoms with Crippen LogP contribution in [0.25, 0.3) is 0 Å². The van der Waals surface area contributed by atoms with Crippen LogP contribution in [0.2, 0.25) is 5.02 Å². The van der Waals surface area contributed by atoms with E-state index in [0.29, 0.717) is 17.3 Å². The number of anilines is 1. The third-order valence-corrected chi connectivity index (χ3v) is 7.07. The van der Waals surface area contributed by atoms with E-state index in [1.807, 2.05) is 6.07 Å². The maximum absolute atomic E-state index is 12.4. The van der Waals surface area contributed by atoms with Gasteiger partial charge < -0.3 is 5.32 Å². The molecule has 0 aliphatic heterocycles. The van der Waals surface area contributed by atoms with Gasteiger partial charge in [0.15, 0.2) is 0 Å². The van der Waals surface area contributed by atoms with Crippen LogP contribution in [0.5, 0.6) is 0 Å². The molecule has 0 atom stereocenters. The zero-order valence-corrected chi connectivity index (χ0v) is 16.6. The van der Waals surface area contributed by atoms with Gasteiger partial charge >= 0.3 is 0 Å². The number of sulfonamides is 1. The summed E-state index contributed by atoms with van der Waals surface area (Å²) in [6.07, 6.45) is 3.24. The van der Waals surface area contributed by atoms with Gasteiger partial charge in [-0.25, -0.2) is 13.1 Å². The van der Waals surface area contributed by atoms with Gasteiger partial charge in [0.25, 0.3) is 0 Å². The first-order valence-electron chi connectivity index (χ1n) is 8.64. The molecule has 0 spiro atoms. The Labute approximate surface area is 155 Å². The van der Waals surface area contributed by atoms with E-state index in [2.05, 4.69) is 10.0 Å². The van der Waals surface area contributed by atoms with E-state index in [-0.39, 0.29) is 17.7 Å². The van der Waals surface area contributed by atoms with Gasteiger partial charge in [-0.15, -0.1) is 0 Å². The quantitative estimate of drug-likeness (QED) is 0.808. The number of hydrogen-bond acceptors (Lipinski definition) is 3. The summed E-state index contributed by atoms with van der Waals surface area (Å²) >= 11 is 5.93. The zero-order chi connectivity index (χ0) is 18.7. The highest BCUT2D eigenvalue weighted by Crippen LogP contribution is 2.30. The van der Waals surface area contributed by atoms with Crippen LogP contribution < -0.4 is 10.0 Å². The largest absolute Gasteiger partial charge is 0.326 e. The minimum absolute atomic E-state index is 0.0102. The topological polar surface area (TPSA) is 75.3 Å². The third-order valence-electron chi connectivity index (χ3n) is 4.68. The van der Waals surface area contributed by atoms with Crippen molar-refractivity contribution < 1.29 is 13.2 Å². The van der Waals surface area contributed by atoms with E-state index in [0.717, 1.165) is 25.7 Å². The molecule has 0 aromatic heterocycles. The van der Waals surface area contributed by atoms with Crippen molar-refractivity contribution in [2.75, 3.05) is 11.9 Å². The Morgan fingerprint density at radius 1 is 1.20 bits per heavy atom. The van der Waals surface area contributed by atoms with Crippen molar-refractivity contribution in [2.45, 2.75) is 51.2 Å². The second kappa shape index (κ2) is 8.06. The Kier molecular flexibility index (Phi) is 6.51. The molecule has 140 valence electrons. The second-order valence-corrected chi connectivity index (χ2v) is 10.6.